The van der Waals surface area contributed by atoms with Crippen molar-refractivity contribution in [2.75, 3.05) is 37.6 Å². The molecule has 6 heteroatoms. The molecule has 1 aliphatic rings. The summed E-state index contributed by atoms with van der Waals surface area (Å²) in [7, 11) is 0. The third-order valence-electron chi connectivity index (χ3n) is 4.66. The highest BCUT2D eigenvalue weighted by Crippen LogP contribution is 2.26. The van der Waals surface area contributed by atoms with Gasteiger partial charge in [-0.25, -0.2) is 0 Å². The van der Waals surface area contributed by atoms with Crippen LogP contribution in [0.1, 0.15) is 30.5 Å². The second kappa shape index (κ2) is 7.68. The number of carbonyl (C=O) groups is 3. The number of anilines is 1. The monoisotopic (exact) mass is 345 g/mol. The summed E-state index contributed by atoms with van der Waals surface area (Å²) in [6.07, 6.45) is 0. The molecule has 0 bridgehead atoms. The zero-order valence-electron chi connectivity index (χ0n) is 15.8. The lowest BCUT2D eigenvalue weighted by Gasteiger charge is -2.35. The number of carbonyl (C=O) groups excluding carboxylic acids is 3. The predicted octanol–water partition coefficient (Wildman–Crippen LogP) is 1.66. The van der Waals surface area contributed by atoms with Crippen LogP contribution >= 0.6 is 0 Å². The first-order chi connectivity index (χ1) is 11.7. The molecule has 1 heterocycles. The molecule has 6 nitrogen and oxygen atoms in total. The lowest BCUT2D eigenvalue weighted by molar-refractivity contribution is -0.137. The van der Waals surface area contributed by atoms with Crippen molar-refractivity contribution in [2.45, 2.75) is 34.6 Å². The summed E-state index contributed by atoms with van der Waals surface area (Å²) < 4.78 is 0. The summed E-state index contributed by atoms with van der Waals surface area (Å²) in [5.41, 5.74) is 3.92. The third-order valence-corrected chi connectivity index (χ3v) is 4.66. The molecule has 0 N–H and O–H groups in total. The Morgan fingerprint density at radius 3 is 1.84 bits per heavy atom. The molecule has 0 aromatic heterocycles. The van der Waals surface area contributed by atoms with Crippen LogP contribution in [-0.4, -0.2) is 60.2 Å². The Balaban J connectivity index is 2.14. The van der Waals surface area contributed by atoms with Crippen molar-refractivity contribution in [3.63, 3.8) is 0 Å². The molecule has 1 fully saturated rings. The Kier molecular flexibility index (Phi) is 5.82. The fourth-order valence-corrected chi connectivity index (χ4v) is 3.45. The Morgan fingerprint density at radius 2 is 1.40 bits per heavy atom. The molecule has 0 radical (unpaired) electrons. The molecule has 25 heavy (non-hydrogen) atoms. The minimum Gasteiger partial charge on any atom is -0.339 e. The van der Waals surface area contributed by atoms with Crippen molar-refractivity contribution in [1.29, 1.82) is 0 Å². The average molecular weight is 345 g/mol. The van der Waals surface area contributed by atoms with Crippen molar-refractivity contribution in [1.82, 2.24) is 9.80 Å². The highest BCUT2D eigenvalue weighted by Gasteiger charge is 2.26. The normalized spacial score (nSPS) is 14.4. The van der Waals surface area contributed by atoms with Crippen LogP contribution in [0.2, 0.25) is 0 Å². The summed E-state index contributed by atoms with van der Waals surface area (Å²) >= 11 is 0. The van der Waals surface area contributed by atoms with Gasteiger partial charge in [0.15, 0.2) is 0 Å². The van der Waals surface area contributed by atoms with E-state index in [2.05, 4.69) is 0 Å². The number of piperazine rings is 1. The van der Waals surface area contributed by atoms with Crippen LogP contribution in [-0.2, 0) is 14.4 Å². The summed E-state index contributed by atoms with van der Waals surface area (Å²) in [4.78, 5) is 41.3. The van der Waals surface area contributed by atoms with Crippen LogP contribution in [0.4, 0.5) is 5.69 Å². The largest absolute Gasteiger partial charge is 0.339 e. The van der Waals surface area contributed by atoms with Gasteiger partial charge in [0.1, 0.15) is 6.54 Å². The Bertz CT molecular complexity index is 668. The standard InChI is InChI=1S/C19H27N3O3/c1-13-10-14(2)19(15(3)11-13)22(17(5)24)12-18(25)21-8-6-20(7-9-21)16(4)23/h10-11H,6-9,12H2,1-5H3. The first-order valence-corrected chi connectivity index (χ1v) is 8.60. The van der Waals surface area contributed by atoms with E-state index in [0.717, 1.165) is 22.4 Å². The number of aryl methyl sites for hydroxylation is 3. The first kappa shape index (κ1) is 19.0. The Morgan fingerprint density at radius 1 is 0.920 bits per heavy atom. The summed E-state index contributed by atoms with van der Waals surface area (Å²) in [6, 6.07) is 4.04. The molecule has 2 rings (SSSR count). The van der Waals surface area contributed by atoms with Gasteiger partial charge < -0.3 is 14.7 Å². The molecule has 1 saturated heterocycles. The lowest BCUT2D eigenvalue weighted by Crippen LogP contribution is -2.52. The molecular weight excluding hydrogens is 318 g/mol. The lowest BCUT2D eigenvalue weighted by atomic mass is 10.0. The number of hydrogen-bond donors (Lipinski definition) is 0. The number of rotatable bonds is 3. The molecule has 0 atom stereocenters. The van der Waals surface area contributed by atoms with Gasteiger partial charge in [-0.15, -0.1) is 0 Å². The zero-order chi connectivity index (χ0) is 18.7. The van der Waals surface area contributed by atoms with Crippen LogP contribution in [0.5, 0.6) is 0 Å². The van der Waals surface area contributed by atoms with Crippen molar-refractivity contribution in [3.05, 3.63) is 28.8 Å². The minimum absolute atomic E-state index is 0.0279. The third kappa shape index (κ3) is 4.38. The quantitative estimate of drug-likeness (QED) is 0.837. The van der Waals surface area contributed by atoms with Crippen LogP contribution < -0.4 is 4.90 Å². The van der Waals surface area contributed by atoms with E-state index in [1.54, 1.807) is 14.7 Å². The predicted molar refractivity (Wildman–Crippen MR) is 97.5 cm³/mol. The van der Waals surface area contributed by atoms with E-state index < -0.39 is 0 Å². The maximum absolute atomic E-state index is 12.7. The molecule has 1 aromatic carbocycles. The van der Waals surface area contributed by atoms with E-state index in [9.17, 15) is 14.4 Å². The SMILES string of the molecule is CC(=O)N1CCN(C(=O)CN(C(C)=O)c2c(C)cc(C)cc2C)CC1. The maximum Gasteiger partial charge on any atom is 0.242 e. The second-order valence-electron chi connectivity index (χ2n) is 6.74. The summed E-state index contributed by atoms with van der Waals surface area (Å²) in [5.74, 6) is -0.202. The Labute approximate surface area is 149 Å². The molecule has 0 saturated carbocycles. The van der Waals surface area contributed by atoms with Crippen molar-refractivity contribution in [2.24, 2.45) is 0 Å². The van der Waals surface area contributed by atoms with Crippen molar-refractivity contribution >= 4 is 23.4 Å². The number of benzene rings is 1. The van der Waals surface area contributed by atoms with Crippen LogP contribution in [0.25, 0.3) is 0 Å². The minimum atomic E-state index is -0.147. The van der Waals surface area contributed by atoms with Gasteiger partial charge in [-0.1, -0.05) is 17.7 Å². The maximum atomic E-state index is 12.7. The van der Waals surface area contributed by atoms with E-state index >= 15 is 0 Å². The fourth-order valence-electron chi connectivity index (χ4n) is 3.45. The molecule has 1 aliphatic heterocycles. The van der Waals surface area contributed by atoms with Gasteiger partial charge >= 0.3 is 0 Å². The van der Waals surface area contributed by atoms with E-state index in [0.29, 0.717) is 26.2 Å². The van der Waals surface area contributed by atoms with E-state index in [4.69, 9.17) is 0 Å². The van der Waals surface area contributed by atoms with Crippen LogP contribution in [0.15, 0.2) is 12.1 Å². The summed E-state index contributed by atoms with van der Waals surface area (Å²) in [5, 5.41) is 0. The fraction of sp³-hybridized carbons (Fsp3) is 0.526. The molecular formula is C19H27N3O3. The molecule has 136 valence electrons. The number of hydrogen-bond acceptors (Lipinski definition) is 3. The second-order valence-corrected chi connectivity index (χ2v) is 6.74. The van der Waals surface area contributed by atoms with Crippen molar-refractivity contribution < 1.29 is 14.4 Å². The van der Waals surface area contributed by atoms with Gasteiger partial charge in [0.05, 0.1) is 5.69 Å². The highest BCUT2D eigenvalue weighted by atomic mass is 16.2. The average Bonchev–Trinajstić information content (AvgIpc) is 2.52. The van der Waals surface area contributed by atoms with Gasteiger partial charge in [-0.3, -0.25) is 14.4 Å². The smallest absolute Gasteiger partial charge is 0.242 e. The van der Waals surface area contributed by atoms with Gasteiger partial charge in [-0.2, -0.15) is 0 Å². The van der Waals surface area contributed by atoms with Gasteiger partial charge in [0.2, 0.25) is 17.7 Å². The van der Waals surface area contributed by atoms with Gasteiger partial charge in [0.25, 0.3) is 0 Å². The molecule has 1 aromatic rings. The molecule has 0 unspecified atom stereocenters. The summed E-state index contributed by atoms with van der Waals surface area (Å²) in [6.45, 7) is 11.1. The number of amides is 3. The molecule has 0 aliphatic carbocycles. The first-order valence-electron chi connectivity index (χ1n) is 8.60. The van der Waals surface area contributed by atoms with Crippen molar-refractivity contribution in [3.8, 4) is 0 Å². The van der Waals surface area contributed by atoms with E-state index in [1.807, 2.05) is 32.9 Å². The molecule has 3 amide bonds. The highest BCUT2D eigenvalue weighted by molar-refractivity contribution is 5.98. The molecule has 0 spiro atoms. The van der Waals surface area contributed by atoms with E-state index in [1.165, 1.54) is 13.8 Å². The van der Waals surface area contributed by atoms with Gasteiger partial charge in [0, 0.05) is 40.0 Å². The van der Waals surface area contributed by atoms with Crippen LogP contribution in [0, 0.1) is 20.8 Å². The van der Waals surface area contributed by atoms with Gasteiger partial charge in [-0.05, 0) is 31.9 Å². The number of nitrogens with zero attached hydrogens (tertiary/aromatic N) is 3. The Hall–Kier alpha value is -2.37. The van der Waals surface area contributed by atoms with Crippen LogP contribution in [0.3, 0.4) is 0 Å². The zero-order valence-corrected chi connectivity index (χ0v) is 15.8. The topological polar surface area (TPSA) is 60.9 Å². The van der Waals surface area contributed by atoms with E-state index in [-0.39, 0.29) is 24.3 Å².